The van der Waals surface area contributed by atoms with Crippen LogP contribution >= 0.6 is 11.8 Å². The Morgan fingerprint density at radius 3 is 2.39 bits per heavy atom. The highest BCUT2D eigenvalue weighted by Gasteiger charge is 2.31. The zero-order valence-electron chi connectivity index (χ0n) is 14.9. The van der Waals surface area contributed by atoms with Crippen molar-refractivity contribution < 1.29 is 26.4 Å². The molecular formula is C18H19F3N2O3S2. The Labute approximate surface area is 166 Å². The van der Waals surface area contributed by atoms with Crippen LogP contribution in [0.15, 0.2) is 59.5 Å². The number of anilines is 1. The number of benzene rings is 2. The summed E-state index contributed by atoms with van der Waals surface area (Å²) >= 11 is 1.52. The highest BCUT2D eigenvalue weighted by molar-refractivity contribution is 7.99. The molecule has 0 aliphatic carbocycles. The standard InChI is InChI=1S/C18H19F3N2O3S2/c1-28(25,26)23(15-7-5-6-14(12-15)18(19,20)21)13-17(24)22-10-11-27-16-8-3-2-4-9-16/h2-9,12H,10-11,13H2,1H3,(H,22,24). The molecule has 0 fully saturated rings. The van der Waals surface area contributed by atoms with E-state index in [1.54, 1.807) is 0 Å². The molecule has 0 spiro atoms. The summed E-state index contributed by atoms with van der Waals surface area (Å²) in [6, 6.07) is 13.4. The van der Waals surface area contributed by atoms with Gasteiger partial charge in [0.15, 0.2) is 0 Å². The quantitative estimate of drug-likeness (QED) is 0.513. The largest absolute Gasteiger partial charge is 0.416 e. The van der Waals surface area contributed by atoms with Crippen LogP contribution in [-0.2, 0) is 21.0 Å². The second kappa shape index (κ2) is 9.33. The molecular weight excluding hydrogens is 413 g/mol. The zero-order chi connectivity index (χ0) is 20.8. The summed E-state index contributed by atoms with van der Waals surface area (Å²) in [6.07, 6.45) is -3.78. The van der Waals surface area contributed by atoms with Crippen molar-refractivity contribution in [3.05, 3.63) is 60.2 Å². The lowest BCUT2D eigenvalue weighted by molar-refractivity contribution is -0.137. The Kier molecular flexibility index (Phi) is 7.36. The lowest BCUT2D eigenvalue weighted by Crippen LogP contribution is -2.41. The van der Waals surface area contributed by atoms with Gasteiger partial charge in [0, 0.05) is 17.2 Å². The predicted octanol–water partition coefficient (Wildman–Crippen LogP) is 3.38. The molecule has 2 aromatic rings. The molecule has 0 bridgehead atoms. The van der Waals surface area contributed by atoms with Gasteiger partial charge < -0.3 is 5.32 Å². The number of thioether (sulfide) groups is 1. The molecule has 2 rings (SSSR count). The van der Waals surface area contributed by atoms with Crippen LogP contribution in [0.5, 0.6) is 0 Å². The van der Waals surface area contributed by atoms with E-state index in [1.165, 1.54) is 17.8 Å². The number of alkyl halides is 3. The second-order valence-electron chi connectivity index (χ2n) is 5.83. The molecule has 0 saturated carbocycles. The van der Waals surface area contributed by atoms with Crippen LogP contribution in [0.4, 0.5) is 18.9 Å². The number of sulfonamides is 1. The van der Waals surface area contributed by atoms with Gasteiger partial charge in [-0.1, -0.05) is 24.3 Å². The van der Waals surface area contributed by atoms with Crippen molar-refractivity contribution in [2.75, 3.05) is 29.4 Å². The molecule has 0 atom stereocenters. The molecule has 0 saturated heterocycles. The summed E-state index contributed by atoms with van der Waals surface area (Å²) in [5.41, 5.74) is -1.20. The van der Waals surface area contributed by atoms with E-state index in [1.807, 2.05) is 30.3 Å². The smallest absolute Gasteiger partial charge is 0.354 e. The zero-order valence-corrected chi connectivity index (χ0v) is 16.6. The van der Waals surface area contributed by atoms with E-state index in [9.17, 15) is 26.4 Å². The fraction of sp³-hybridized carbons (Fsp3) is 0.278. The van der Waals surface area contributed by atoms with Gasteiger partial charge in [0.2, 0.25) is 15.9 Å². The first kappa shape index (κ1) is 22.1. The Hall–Kier alpha value is -2.20. The minimum absolute atomic E-state index is 0.217. The average Bonchev–Trinajstić information content (AvgIpc) is 2.62. The summed E-state index contributed by atoms with van der Waals surface area (Å²) < 4.78 is 63.3. The SMILES string of the molecule is CS(=O)(=O)N(CC(=O)NCCSc1ccccc1)c1cccc(C(F)(F)F)c1. The molecule has 152 valence electrons. The number of carbonyl (C=O) groups excluding carboxylic acids is 1. The van der Waals surface area contributed by atoms with Gasteiger partial charge >= 0.3 is 6.18 Å². The van der Waals surface area contributed by atoms with Crippen molar-refractivity contribution in [1.29, 1.82) is 0 Å². The van der Waals surface area contributed by atoms with E-state index in [0.29, 0.717) is 22.7 Å². The van der Waals surface area contributed by atoms with Crippen LogP contribution in [0, 0.1) is 0 Å². The van der Waals surface area contributed by atoms with Crippen LogP contribution < -0.4 is 9.62 Å². The van der Waals surface area contributed by atoms with Gasteiger partial charge in [-0.2, -0.15) is 13.2 Å². The lowest BCUT2D eigenvalue weighted by atomic mass is 10.2. The van der Waals surface area contributed by atoms with Crippen LogP contribution in [0.3, 0.4) is 0 Å². The van der Waals surface area contributed by atoms with Crippen molar-refractivity contribution in [2.24, 2.45) is 0 Å². The predicted molar refractivity (Wildman–Crippen MR) is 104 cm³/mol. The number of amides is 1. The number of halogens is 3. The fourth-order valence-corrected chi connectivity index (χ4v) is 3.94. The number of rotatable bonds is 8. The fourth-order valence-electron chi connectivity index (χ4n) is 2.30. The van der Waals surface area contributed by atoms with Gasteiger partial charge in [-0.25, -0.2) is 8.42 Å². The highest BCUT2D eigenvalue weighted by atomic mass is 32.2. The van der Waals surface area contributed by atoms with E-state index in [4.69, 9.17) is 0 Å². The van der Waals surface area contributed by atoms with E-state index in [-0.39, 0.29) is 5.69 Å². The minimum atomic E-state index is -4.61. The van der Waals surface area contributed by atoms with Crippen molar-refractivity contribution >= 4 is 33.4 Å². The maximum atomic E-state index is 12.9. The second-order valence-corrected chi connectivity index (χ2v) is 8.90. The third kappa shape index (κ3) is 6.75. The summed E-state index contributed by atoms with van der Waals surface area (Å²) in [6.45, 7) is -0.311. The van der Waals surface area contributed by atoms with E-state index in [0.717, 1.165) is 23.3 Å². The first-order valence-corrected chi connectivity index (χ1v) is 11.0. The van der Waals surface area contributed by atoms with Gasteiger partial charge in [-0.15, -0.1) is 11.8 Å². The maximum Gasteiger partial charge on any atom is 0.416 e. The molecule has 0 heterocycles. The summed E-state index contributed by atoms with van der Waals surface area (Å²) in [4.78, 5) is 13.1. The van der Waals surface area contributed by atoms with Crippen LogP contribution in [0.25, 0.3) is 0 Å². The molecule has 1 amide bonds. The lowest BCUT2D eigenvalue weighted by Gasteiger charge is -2.22. The van der Waals surface area contributed by atoms with Crippen LogP contribution in [0.1, 0.15) is 5.56 Å². The number of nitrogens with one attached hydrogen (secondary N) is 1. The Morgan fingerprint density at radius 2 is 1.79 bits per heavy atom. The van der Waals surface area contributed by atoms with Gasteiger partial charge in [0.05, 0.1) is 17.5 Å². The number of hydrogen-bond acceptors (Lipinski definition) is 4. The van der Waals surface area contributed by atoms with E-state index in [2.05, 4.69) is 5.32 Å². The molecule has 0 radical (unpaired) electrons. The molecule has 10 heteroatoms. The Bertz CT molecular complexity index is 904. The first-order chi connectivity index (χ1) is 13.1. The molecule has 0 aromatic heterocycles. The minimum Gasteiger partial charge on any atom is -0.354 e. The van der Waals surface area contributed by atoms with Gasteiger partial charge in [0.1, 0.15) is 6.54 Å². The summed E-state index contributed by atoms with van der Waals surface area (Å²) in [5.74, 6) is -0.0328. The summed E-state index contributed by atoms with van der Waals surface area (Å²) in [5, 5.41) is 2.58. The Balaban J connectivity index is 2.00. The number of nitrogens with zero attached hydrogens (tertiary/aromatic N) is 1. The normalized spacial score (nSPS) is 11.9. The highest BCUT2D eigenvalue weighted by Crippen LogP contribution is 2.32. The molecule has 2 aromatic carbocycles. The molecule has 1 N–H and O–H groups in total. The van der Waals surface area contributed by atoms with E-state index < -0.39 is 34.2 Å². The van der Waals surface area contributed by atoms with Gasteiger partial charge in [-0.3, -0.25) is 9.10 Å². The van der Waals surface area contributed by atoms with Crippen molar-refractivity contribution in [3.8, 4) is 0 Å². The van der Waals surface area contributed by atoms with Gasteiger partial charge in [0.25, 0.3) is 0 Å². The van der Waals surface area contributed by atoms with Gasteiger partial charge in [-0.05, 0) is 30.3 Å². The van der Waals surface area contributed by atoms with Crippen molar-refractivity contribution in [2.45, 2.75) is 11.1 Å². The number of carbonyl (C=O) groups is 1. The van der Waals surface area contributed by atoms with Crippen molar-refractivity contribution in [1.82, 2.24) is 5.32 Å². The topological polar surface area (TPSA) is 66.5 Å². The monoisotopic (exact) mass is 432 g/mol. The molecule has 0 aliphatic heterocycles. The van der Waals surface area contributed by atoms with Crippen LogP contribution in [-0.4, -0.2) is 39.4 Å². The van der Waals surface area contributed by atoms with Crippen molar-refractivity contribution in [3.63, 3.8) is 0 Å². The first-order valence-electron chi connectivity index (χ1n) is 8.17. The van der Waals surface area contributed by atoms with Crippen LogP contribution in [0.2, 0.25) is 0 Å². The molecule has 0 unspecified atom stereocenters. The Morgan fingerprint density at radius 1 is 1.11 bits per heavy atom. The third-order valence-corrected chi connectivity index (χ3v) is 5.74. The maximum absolute atomic E-state index is 12.9. The third-order valence-electron chi connectivity index (χ3n) is 3.59. The van der Waals surface area contributed by atoms with E-state index >= 15 is 0 Å². The molecule has 0 aliphatic rings. The molecule has 28 heavy (non-hydrogen) atoms. The number of hydrogen-bond donors (Lipinski definition) is 1. The average molecular weight is 432 g/mol. The summed E-state index contributed by atoms with van der Waals surface area (Å²) in [7, 11) is -3.95. The molecule has 5 nitrogen and oxygen atoms in total.